The van der Waals surface area contributed by atoms with Crippen LogP contribution < -0.4 is 0 Å². The first-order chi connectivity index (χ1) is 10.3. The zero-order chi connectivity index (χ0) is 16.8. The van der Waals surface area contributed by atoms with Gasteiger partial charge in [-0.25, -0.2) is 4.79 Å². The van der Waals surface area contributed by atoms with Crippen LogP contribution in [0.25, 0.3) is 0 Å². The molecule has 0 spiro atoms. The van der Waals surface area contributed by atoms with Crippen molar-refractivity contribution in [2.24, 2.45) is 0 Å². The normalized spacial score (nSPS) is 12.3. The van der Waals surface area contributed by atoms with E-state index in [1.54, 1.807) is 0 Å². The van der Waals surface area contributed by atoms with Gasteiger partial charge in [-0.2, -0.15) is 13.2 Å². The number of hydrogen-bond donors (Lipinski definition) is 1. The minimum atomic E-state index is -4.86. The molecule has 1 amide bonds. The lowest BCUT2D eigenvalue weighted by molar-refractivity contribution is -0.183. The lowest BCUT2D eigenvalue weighted by Crippen LogP contribution is -2.45. The Hall–Kier alpha value is -2.51. The highest BCUT2D eigenvalue weighted by Gasteiger charge is 2.47. The van der Waals surface area contributed by atoms with E-state index in [0.29, 0.717) is 0 Å². The van der Waals surface area contributed by atoms with Gasteiger partial charge in [0.25, 0.3) is 0 Å². The van der Waals surface area contributed by atoms with E-state index < -0.39 is 30.8 Å². The number of ether oxygens (including phenoxy) is 1. The summed E-state index contributed by atoms with van der Waals surface area (Å²) in [4.78, 5) is 22.7. The van der Waals surface area contributed by atoms with Crippen LogP contribution in [0.3, 0.4) is 0 Å². The topological polar surface area (TPSA) is 66.8 Å². The number of carbonyl (C=O) groups is 2. The van der Waals surface area contributed by atoms with Crippen molar-refractivity contribution in [3.05, 3.63) is 48.6 Å². The van der Waals surface area contributed by atoms with Crippen molar-refractivity contribution >= 4 is 12.1 Å². The van der Waals surface area contributed by atoms with Crippen LogP contribution in [0.15, 0.2) is 43.0 Å². The third kappa shape index (κ3) is 4.80. The summed E-state index contributed by atoms with van der Waals surface area (Å²) >= 11 is 0. The van der Waals surface area contributed by atoms with Gasteiger partial charge in [0.2, 0.25) is 0 Å². The van der Waals surface area contributed by atoms with Crippen LogP contribution in [0.5, 0.6) is 0 Å². The summed E-state index contributed by atoms with van der Waals surface area (Å²) in [7, 11) is 0. The number of rotatable bonds is 6. The number of benzene rings is 1. The van der Waals surface area contributed by atoms with E-state index in [4.69, 9.17) is 5.11 Å². The van der Waals surface area contributed by atoms with Gasteiger partial charge < -0.3 is 9.84 Å². The molecular formula is C14H14F3NO4. The Balaban J connectivity index is 3.21. The van der Waals surface area contributed by atoms with Gasteiger partial charge >= 0.3 is 18.2 Å². The number of nitrogens with zero attached hydrogens (tertiary/aromatic N) is 1. The van der Waals surface area contributed by atoms with E-state index in [-0.39, 0.29) is 17.1 Å². The number of amides is 1. The highest BCUT2D eigenvalue weighted by Crippen LogP contribution is 2.37. The van der Waals surface area contributed by atoms with Crippen molar-refractivity contribution in [1.82, 2.24) is 4.90 Å². The molecule has 0 radical (unpaired) electrons. The molecule has 0 aliphatic carbocycles. The van der Waals surface area contributed by atoms with Crippen molar-refractivity contribution in [2.75, 3.05) is 13.2 Å². The largest absolute Gasteiger partial charge is 0.480 e. The second-order valence-corrected chi connectivity index (χ2v) is 4.24. The monoisotopic (exact) mass is 317 g/mol. The molecule has 1 rings (SSSR count). The summed E-state index contributed by atoms with van der Waals surface area (Å²) in [5.41, 5.74) is -0.258. The van der Waals surface area contributed by atoms with Crippen molar-refractivity contribution < 1.29 is 32.6 Å². The quantitative estimate of drug-likeness (QED) is 0.819. The highest BCUT2D eigenvalue weighted by molar-refractivity contribution is 5.77. The van der Waals surface area contributed by atoms with Gasteiger partial charge in [-0.15, -0.1) is 0 Å². The molecule has 0 aliphatic rings. The second kappa shape index (κ2) is 7.48. The smallest absolute Gasteiger partial charge is 0.413 e. The number of carboxylic acids is 1. The summed E-state index contributed by atoms with van der Waals surface area (Å²) in [6, 6.07) is 4.14. The van der Waals surface area contributed by atoms with E-state index >= 15 is 0 Å². The Morgan fingerprint density at radius 2 is 1.91 bits per heavy atom. The first-order valence-electron chi connectivity index (χ1n) is 6.15. The van der Waals surface area contributed by atoms with Crippen LogP contribution in [0.2, 0.25) is 0 Å². The zero-order valence-electron chi connectivity index (χ0n) is 11.4. The lowest BCUT2D eigenvalue weighted by atomic mass is 10.1. The van der Waals surface area contributed by atoms with Crippen LogP contribution in [-0.4, -0.2) is 41.4 Å². The van der Waals surface area contributed by atoms with Crippen LogP contribution >= 0.6 is 0 Å². The molecule has 8 heteroatoms. The molecule has 120 valence electrons. The highest BCUT2D eigenvalue weighted by atomic mass is 19.4. The van der Waals surface area contributed by atoms with Gasteiger partial charge in [0, 0.05) is 0 Å². The van der Waals surface area contributed by atoms with E-state index in [2.05, 4.69) is 11.3 Å². The number of aliphatic carboxylic acids is 1. The van der Waals surface area contributed by atoms with Crippen molar-refractivity contribution in [3.63, 3.8) is 0 Å². The van der Waals surface area contributed by atoms with Gasteiger partial charge in [0.15, 0.2) is 6.04 Å². The number of carboxylic acid groups (broad SMARTS) is 1. The van der Waals surface area contributed by atoms with Gasteiger partial charge in [0.1, 0.15) is 13.2 Å². The summed E-state index contributed by atoms with van der Waals surface area (Å²) in [5.74, 6) is -1.58. The Kier molecular flexibility index (Phi) is 5.97. The van der Waals surface area contributed by atoms with Crippen molar-refractivity contribution in [1.29, 1.82) is 0 Å². The van der Waals surface area contributed by atoms with Gasteiger partial charge in [0.05, 0.1) is 0 Å². The maximum Gasteiger partial charge on any atom is 0.413 e. The molecule has 0 fully saturated rings. The first kappa shape index (κ1) is 17.5. The molecule has 22 heavy (non-hydrogen) atoms. The average molecular weight is 317 g/mol. The fraction of sp³-hybridized carbons (Fsp3) is 0.286. The van der Waals surface area contributed by atoms with Crippen LogP contribution in [0.1, 0.15) is 11.6 Å². The molecule has 1 unspecified atom stereocenters. The molecule has 0 aromatic heterocycles. The fourth-order valence-corrected chi connectivity index (χ4v) is 1.80. The molecule has 5 nitrogen and oxygen atoms in total. The summed E-state index contributed by atoms with van der Waals surface area (Å²) in [5, 5.41) is 8.78. The minimum absolute atomic E-state index is 0.126. The molecule has 1 N–H and O–H groups in total. The Morgan fingerprint density at radius 1 is 1.32 bits per heavy atom. The van der Waals surface area contributed by atoms with Crippen molar-refractivity contribution in [3.8, 4) is 0 Å². The van der Waals surface area contributed by atoms with Crippen LogP contribution in [-0.2, 0) is 9.53 Å². The standard InChI is InChI=1S/C14H14F3NO4/c1-2-8-22-13(21)18(9-11(19)20)12(14(15,16)17)10-6-4-3-5-7-10/h2-7,12H,1,8-9H2,(H,19,20). The summed E-state index contributed by atoms with van der Waals surface area (Å²) in [6.45, 7) is 1.80. The molecule has 1 aromatic carbocycles. The van der Waals surface area contributed by atoms with Gasteiger partial charge in [-0.3, -0.25) is 9.69 Å². The predicted molar refractivity (Wildman–Crippen MR) is 71.1 cm³/mol. The molecule has 0 heterocycles. The van der Waals surface area contributed by atoms with Gasteiger partial charge in [-0.05, 0) is 5.56 Å². The van der Waals surface area contributed by atoms with Crippen molar-refractivity contribution in [2.45, 2.75) is 12.2 Å². The molecule has 0 aliphatic heterocycles. The number of carbonyl (C=O) groups excluding carboxylic acids is 1. The van der Waals surface area contributed by atoms with Crippen LogP contribution in [0.4, 0.5) is 18.0 Å². The van der Waals surface area contributed by atoms with Crippen LogP contribution in [0, 0.1) is 0 Å². The maximum absolute atomic E-state index is 13.3. The lowest BCUT2D eigenvalue weighted by Gasteiger charge is -2.31. The maximum atomic E-state index is 13.3. The third-order valence-corrected chi connectivity index (χ3v) is 2.60. The Morgan fingerprint density at radius 3 is 2.36 bits per heavy atom. The molecule has 0 saturated heterocycles. The van der Waals surface area contributed by atoms with E-state index in [1.165, 1.54) is 24.3 Å². The SMILES string of the molecule is C=CCOC(=O)N(CC(=O)O)C(c1ccccc1)C(F)(F)F. The molecular weight excluding hydrogens is 303 g/mol. The average Bonchev–Trinajstić information content (AvgIpc) is 2.43. The Bertz CT molecular complexity index is 531. The predicted octanol–water partition coefficient (Wildman–Crippen LogP) is 3.00. The van der Waals surface area contributed by atoms with E-state index in [0.717, 1.165) is 12.1 Å². The fourth-order valence-electron chi connectivity index (χ4n) is 1.80. The number of alkyl halides is 3. The number of hydrogen-bond acceptors (Lipinski definition) is 3. The summed E-state index contributed by atoms with van der Waals surface area (Å²) < 4.78 is 44.5. The second-order valence-electron chi connectivity index (χ2n) is 4.24. The van der Waals surface area contributed by atoms with E-state index in [9.17, 15) is 22.8 Å². The third-order valence-electron chi connectivity index (χ3n) is 2.60. The summed E-state index contributed by atoms with van der Waals surface area (Å²) in [6.07, 6.45) is -5.07. The molecule has 1 atom stereocenters. The first-order valence-corrected chi connectivity index (χ1v) is 6.15. The van der Waals surface area contributed by atoms with Gasteiger partial charge in [-0.1, -0.05) is 43.0 Å². The molecule has 1 aromatic rings. The Labute approximate surface area is 124 Å². The zero-order valence-corrected chi connectivity index (χ0v) is 11.4. The van der Waals surface area contributed by atoms with E-state index in [1.807, 2.05) is 0 Å². The molecule has 0 saturated carbocycles. The minimum Gasteiger partial charge on any atom is -0.480 e. The number of halogens is 3. The molecule has 0 bridgehead atoms.